The van der Waals surface area contributed by atoms with Crippen molar-refractivity contribution in [2.75, 3.05) is 0 Å². The molecule has 2 nitrogen and oxygen atoms in total. The highest BCUT2D eigenvalue weighted by molar-refractivity contribution is 6.67. The minimum atomic E-state index is -1.63. The van der Waals surface area contributed by atoms with Crippen molar-refractivity contribution >= 4 is 16.8 Å². The van der Waals surface area contributed by atoms with Crippen LogP contribution in [0.5, 0.6) is 5.75 Å². The third kappa shape index (κ3) is 2.12. The number of carbonyl (C=O) groups is 1. The van der Waals surface area contributed by atoms with E-state index in [4.69, 9.17) is 11.6 Å². The third-order valence-electron chi connectivity index (χ3n) is 1.53. The summed E-state index contributed by atoms with van der Waals surface area (Å²) in [5, 5.41) is -1.30. The Morgan fingerprint density at radius 1 is 1.40 bits per heavy atom. The maximum absolute atomic E-state index is 13.1. The van der Waals surface area contributed by atoms with Crippen LogP contribution in [-0.4, -0.2) is 5.24 Å². The Balaban J connectivity index is 3.43. The van der Waals surface area contributed by atoms with E-state index in [0.29, 0.717) is 6.07 Å². The quantitative estimate of drug-likeness (QED) is 0.458. The highest BCUT2D eigenvalue weighted by Gasteiger charge is 2.22. The molecule has 0 aliphatic heterocycles. The van der Waals surface area contributed by atoms with Crippen molar-refractivity contribution in [1.29, 1.82) is 0 Å². The lowest BCUT2D eigenvalue weighted by molar-refractivity contribution is 0.107. The average molecular weight is 237 g/mol. The summed E-state index contributed by atoms with van der Waals surface area (Å²) in [7, 11) is 0. The Bertz CT molecular complexity index is 432. The molecule has 0 bridgehead atoms. The van der Waals surface area contributed by atoms with Gasteiger partial charge in [0.05, 0.1) is 11.8 Å². The molecule has 0 aromatic heterocycles. The largest absolute Gasteiger partial charge is 0.459 e. The molecule has 0 saturated heterocycles. The molecule has 1 rings (SSSR count). The zero-order chi connectivity index (χ0) is 11.6. The van der Waals surface area contributed by atoms with E-state index >= 15 is 0 Å². The fraction of sp³-hybridized carbons (Fsp3) is 0. The number of rotatable bonds is 3. The van der Waals surface area contributed by atoms with Gasteiger partial charge in [0.1, 0.15) is 0 Å². The first kappa shape index (κ1) is 11.6. The second kappa shape index (κ2) is 4.35. The maximum Gasteiger partial charge on any atom is 0.255 e. The molecular weight excluding hydrogens is 233 g/mol. The van der Waals surface area contributed by atoms with Gasteiger partial charge in [-0.2, -0.15) is 4.39 Å². The summed E-state index contributed by atoms with van der Waals surface area (Å²) >= 11 is 4.91. The van der Waals surface area contributed by atoms with Crippen molar-refractivity contribution in [2.45, 2.75) is 0 Å². The number of hydrogen-bond acceptors (Lipinski definition) is 2. The lowest BCUT2D eigenvalue weighted by Gasteiger charge is -2.06. The Morgan fingerprint density at radius 2 is 2.00 bits per heavy atom. The first-order valence-electron chi connectivity index (χ1n) is 3.64. The fourth-order valence-corrected chi connectivity index (χ4v) is 1.05. The molecular formula is C9H4ClF3O2. The van der Waals surface area contributed by atoms with Gasteiger partial charge < -0.3 is 4.74 Å². The summed E-state index contributed by atoms with van der Waals surface area (Å²) in [6.45, 7) is 3.05. The summed E-state index contributed by atoms with van der Waals surface area (Å²) in [5.41, 5.74) is -0.886. The highest BCUT2D eigenvalue weighted by atomic mass is 35.5. The topological polar surface area (TPSA) is 26.3 Å². The summed E-state index contributed by atoms with van der Waals surface area (Å²) < 4.78 is 43.5. The lowest BCUT2D eigenvalue weighted by atomic mass is 10.2. The Morgan fingerprint density at radius 3 is 2.47 bits per heavy atom. The monoisotopic (exact) mass is 236 g/mol. The summed E-state index contributed by atoms with van der Waals surface area (Å²) in [4.78, 5) is 10.6. The van der Waals surface area contributed by atoms with Gasteiger partial charge in [0, 0.05) is 0 Å². The zero-order valence-electron chi connectivity index (χ0n) is 7.19. The van der Waals surface area contributed by atoms with E-state index in [-0.39, 0.29) is 0 Å². The Hall–Kier alpha value is -1.49. The van der Waals surface area contributed by atoms with E-state index in [2.05, 4.69) is 11.3 Å². The van der Waals surface area contributed by atoms with Gasteiger partial charge in [-0.1, -0.05) is 6.58 Å². The first-order chi connectivity index (χ1) is 6.99. The fourth-order valence-electron chi connectivity index (χ4n) is 0.913. The van der Waals surface area contributed by atoms with E-state index in [1.165, 1.54) is 0 Å². The van der Waals surface area contributed by atoms with Gasteiger partial charge in [0.25, 0.3) is 5.24 Å². The second-order valence-corrected chi connectivity index (χ2v) is 2.76. The molecule has 0 aliphatic carbocycles. The van der Waals surface area contributed by atoms with E-state index in [0.717, 1.165) is 6.26 Å². The standard InChI is InChI=1S/C9H4ClF3O2/c1-2-15-8-5(11)3-4(9(10)14)6(12)7(8)13/h2-3H,1H2. The molecule has 80 valence electrons. The molecule has 0 spiro atoms. The predicted molar refractivity (Wildman–Crippen MR) is 47.3 cm³/mol. The van der Waals surface area contributed by atoms with Crippen molar-refractivity contribution in [3.8, 4) is 5.75 Å². The number of ether oxygens (including phenoxy) is 1. The smallest absolute Gasteiger partial charge is 0.255 e. The van der Waals surface area contributed by atoms with E-state index in [1.54, 1.807) is 0 Å². The van der Waals surface area contributed by atoms with Gasteiger partial charge >= 0.3 is 0 Å². The molecule has 0 fully saturated rings. The van der Waals surface area contributed by atoms with Crippen molar-refractivity contribution in [1.82, 2.24) is 0 Å². The number of hydrogen-bond donors (Lipinski definition) is 0. The SMILES string of the molecule is C=COc1c(F)cc(C(=O)Cl)c(F)c1F. The maximum atomic E-state index is 13.1. The van der Waals surface area contributed by atoms with Crippen molar-refractivity contribution in [3.05, 3.63) is 41.9 Å². The Labute approximate surface area is 87.9 Å². The zero-order valence-corrected chi connectivity index (χ0v) is 7.95. The molecule has 0 amide bonds. The van der Waals surface area contributed by atoms with Crippen LogP contribution in [0.1, 0.15) is 10.4 Å². The van der Waals surface area contributed by atoms with Crippen LogP contribution in [0.4, 0.5) is 13.2 Å². The number of benzene rings is 1. The van der Waals surface area contributed by atoms with Crippen molar-refractivity contribution in [3.63, 3.8) is 0 Å². The summed E-state index contributed by atoms with van der Waals surface area (Å²) in [5.74, 6) is -5.39. The summed E-state index contributed by atoms with van der Waals surface area (Å²) in [6.07, 6.45) is 0.725. The van der Waals surface area contributed by atoms with Crippen LogP contribution in [-0.2, 0) is 0 Å². The van der Waals surface area contributed by atoms with E-state index < -0.39 is 34.0 Å². The molecule has 0 N–H and O–H groups in total. The second-order valence-electron chi connectivity index (χ2n) is 2.42. The molecule has 0 unspecified atom stereocenters. The van der Waals surface area contributed by atoms with Gasteiger partial charge in [0.15, 0.2) is 11.6 Å². The molecule has 1 aromatic carbocycles. The minimum Gasteiger partial charge on any atom is -0.459 e. The molecule has 0 saturated carbocycles. The molecule has 0 atom stereocenters. The predicted octanol–water partition coefficient (Wildman–Crippen LogP) is 3.01. The first-order valence-corrected chi connectivity index (χ1v) is 4.01. The van der Waals surface area contributed by atoms with Crippen LogP contribution in [0.2, 0.25) is 0 Å². The van der Waals surface area contributed by atoms with Crippen molar-refractivity contribution in [2.24, 2.45) is 0 Å². The van der Waals surface area contributed by atoms with Crippen molar-refractivity contribution < 1.29 is 22.7 Å². The minimum absolute atomic E-state index is 0.451. The summed E-state index contributed by atoms with van der Waals surface area (Å²) in [6, 6.07) is 0.451. The highest BCUT2D eigenvalue weighted by Crippen LogP contribution is 2.27. The van der Waals surface area contributed by atoms with Crippen LogP contribution in [0, 0.1) is 17.5 Å². The molecule has 15 heavy (non-hydrogen) atoms. The Kier molecular flexibility index (Phi) is 3.36. The van der Waals surface area contributed by atoms with Gasteiger partial charge in [-0.05, 0) is 17.7 Å². The van der Waals surface area contributed by atoms with Gasteiger partial charge in [-0.15, -0.1) is 0 Å². The molecule has 0 radical (unpaired) electrons. The van der Waals surface area contributed by atoms with Crippen LogP contribution in [0.3, 0.4) is 0 Å². The lowest BCUT2D eigenvalue weighted by Crippen LogP contribution is -2.03. The van der Waals surface area contributed by atoms with Crippen LogP contribution < -0.4 is 4.74 Å². The van der Waals surface area contributed by atoms with Crippen LogP contribution in [0.15, 0.2) is 18.9 Å². The molecule has 0 aliphatic rings. The average Bonchev–Trinajstić information content (AvgIpc) is 2.18. The van der Waals surface area contributed by atoms with E-state index in [1.807, 2.05) is 0 Å². The van der Waals surface area contributed by atoms with E-state index in [9.17, 15) is 18.0 Å². The molecule has 6 heteroatoms. The number of carbonyl (C=O) groups excluding carboxylic acids is 1. The van der Waals surface area contributed by atoms with Gasteiger partial charge in [-0.3, -0.25) is 4.79 Å². The molecule has 0 heterocycles. The third-order valence-corrected chi connectivity index (χ3v) is 1.73. The van der Waals surface area contributed by atoms with Crippen LogP contribution in [0.25, 0.3) is 0 Å². The molecule has 1 aromatic rings. The normalized spacial score (nSPS) is 9.87. The van der Waals surface area contributed by atoms with Gasteiger partial charge in [0.2, 0.25) is 11.6 Å². The van der Waals surface area contributed by atoms with Crippen LogP contribution >= 0.6 is 11.6 Å². The van der Waals surface area contributed by atoms with Gasteiger partial charge in [-0.25, -0.2) is 8.78 Å². The number of halogens is 4.